The fourth-order valence-corrected chi connectivity index (χ4v) is 3.62. The monoisotopic (exact) mass is 306 g/mol. The summed E-state index contributed by atoms with van der Waals surface area (Å²) < 4.78 is 5.89. The molecule has 1 saturated heterocycles. The van der Waals surface area contributed by atoms with E-state index in [0.29, 0.717) is 12.2 Å². The zero-order chi connectivity index (χ0) is 15.9. The van der Waals surface area contributed by atoms with Crippen LogP contribution < -0.4 is 15.4 Å². The Bertz CT molecular complexity index is 788. The lowest BCUT2D eigenvalue weighted by Gasteiger charge is -2.39. The Labute approximate surface area is 135 Å². The molecule has 2 aliphatic heterocycles. The van der Waals surface area contributed by atoms with E-state index in [1.165, 1.54) is 5.56 Å². The number of aromatic nitrogens is 1. The van der Waals surface area contributed by atoms with Gasteiger partial charge in [0.25, 0.3) is 0 Å². The number of anilines is 2. The molecule has 0 saturated carbocycles. The minimum absolute atomic E-state index is 0.0268. The van der Waals surface area contributed by atoms with E-state index in [-0.39, 0.29) is 5.41 Å². The van der Waals surface area contributed by atoms with Gasteiger partial charge in [-0.05, 0) is 37.1 Å². The molecule has 4 rings (SSSR count). The fraction of sp³-hybridized carbons (Fsp3) is 0.333. The van der Waals surface area contributed by atoms with Gasteiger partial charge in [-0.25, -0.2) is 4.98 Å². The molecule has 116 valence electrons. The Morgan fingerprint density at radius 3 is 2.78 bits per heavy atom. The van der Waals surface area contributed by atoms with E-state index in [4.69, 9.17) is 15.7 Å². The molecule has 5 heteroatoms. The van der Waals surface area contributed by atoms with Gasteiger partial charge in [-0.1, -0.05) is 0 Å². The quantitative estimate of drug-likeness (QED) is 0.876. The molecule has 0 atom stereocenters. The molecular weight excluding hydrogens is 288 g/mol. The number of rotatable bonds is 1. The van der Waals surface area contributed by atoms with E-state index in [1.807, 2.05) is 24.3 Å². The summed E-state index contributed by atoms with van der Waals surface area (Å²) in [4.78, 5) is 6.69. The van der Waals surface area contributed by atoms with Crippen LogP contribution >= 0.6 is 0 Å². The highest BCUT2D eigenvalue weighted by Crippen LogP contribution is 2.46. The Morgan fingerprint density at radius 1 is 1.22 bits per heavy atom. The zero-order valence-corrected chi connectivity index (χ0v) is 12.8. The second kappa shape index (κ2) is 5.17. The number of nitrogens with zero attached hydrogens (tertiary/aromatic N) is 3. The molecular formula is C18H18N4O. The lowest BCUT2D eigenvalue weighted by Crippen LogP contribution is -2.44. The van der Waals surface area contributed by atoms with Crippen molar-refractivity contribution in [2.45, 2.75) is 18.3 Å². The predicted octanol–water partition coefficient (Wildman–Crippen LogP) is 2.47. The lowest BCUT2D eigenvalue weighted by atomic mass is 9.74. The number of piperidine rings is 1. The summed E-state index contributed by atoms with van der Waals surface area (Å²) in [5.74, 6) is 1.87. The van der Waals surface area contributed by atoms with Gasteiger partial charge in [0.1, 0.15) is 11.6 Å². The second-order valence-corrected chi connectivity index (χ2v) is 6.33. The number of nitrogen functional groups attached to an aromatic ring is 1. The van der Waals surface area contributed by atoms with Crippen LogP contribution in [0.2, 0.25) is 0 Å². The summed E-state index contributed by atoms with van der Waals surface area (Å²) in [6.07, 6.45) is 3.74. The number of nitrogens with two attached hydrogens (primary N) is 1. The molecule has 0 bridgehead atoms. The standard InChI is InChI=1S/C18H18N4O/c19-11-13-1-2-16-15(9-13)18(12-23-16)4-7-22(8-5-18)17-10-14(20)3-6-21-17/h1-3,6,9-10H,4-5,7-8,12H2,(H2,20,21). The fourth-order valence-electron chi connectivity index (χ4n) is 3.62. The topological polar surface area (TPSA) is 75.2 Å². The molecule has 0 unspecified atom stereocenters. The van der Waals surface area contributed by atoms with E-state index in [0.717, 1.165) is 43.2 Å². The maximum Gasteiger partial charge on any atom is 0.130 e. The van der Waals surface area contributed by atoms with Gasteiger partial charge in [-0.3, -0.25) is 0 Å². The van der Waals surface area contributed by atoms with Crippen LogP contribution in [0.1, 0.15) is 24.0 Å². The van der Waals surface area contributed by atoms with Crippen molar-refractivity contribution in [3.8, 4) is 11.8 Å². The Hall–Kier alpha value is -2.74. The minimum Gasteiger partial charge on any atom is -0.492 e. The van der Waals surface area contributed by atoms with Crippen LogP contribution in [0, 0.1) is 11.3 Å². The molecule has 1 spiro atoms. The minimum atomic E-state index is 0.0268. The smallest absolute Gasteiger partial charge is 0.130 e. The number of ether oxygens (including phenoxy) is 1. The molecule has 2 N–H and O–H groups in total. The molecule has 0 amide bonds. The average molecular weight is 306 g/mol. The van der Waals surface area contributed by atoms with Gasteiger partial charge >= 0.3 is 0 Å². The van der Waals surface area contributed by atoms with E-state index < -0.39 is 0 Å². The number of benzene rings is 1. The normalized spacial score (nSPS) is 18.3. The summed E-state index contributed by atoms with van der Waals surface area (Å²) in [5, 5.41) is 9.15. The maximum atomic E-state index is 9.15. The molecule has 1 aromatic heterocycles. The third kappa shape index (κ3) is 2.27. The van der Waals surface area contributed by atoms with Gasteiger partial charge in [0, 0.05) is 42.0 Å². The molecule has 1 fully saturated rings. The molecule has 2 aliphatic rings. The third-order valence-corrected chi connectivity index (χ3v) is 5.00. The van der Waals surface area contributed by atoms with Crippen LogP contribution in [0.3, 0.4) is 0 Å². The van der Waals surface area contributed by atoms with E-state index in [9.17, 15) is 0 Å². The van der Waals surface area contributed by atoms with Crippen molar-refractivity contribution in [1.29, 1.82) is 5.26 Å². The van der Waals surface area contributed by atoms with Crippen LogP contribution in [0.5, 0.6) is 5.75 Å². The Balaban J connectivity index is 1.58. The second-order valence-electron chi connectivity index (χ2n) is 6.33. The average Bonchev–Trinajstić information content (AvgIpc) is 2.93. The van der Waals surface area contributed by atoms with Gasteiger partial charge in [0.15, 0.2) is 0 Å². The maximum absolute atomic E-state index is 9.15. The molecule has 23 heavy (non-hydrogen) atoms. The zero-order valence-electron chi connectivity index (χ0n) is 12.8. The number of hydrogen-bond donors (Lipinski definition) is 1. The molecule has 0 aliphatic carbocycles. The van der Waals surface area contributed by atoms with Crippen LogP contribution in [0.25, 0.3) is 0 Å². The molecule has 0 radical (unpaired) electrons. The van der Waals surface area contributed by atoms with Crippen molar-refractivity contribution in [3.05, 3.63) is 47.7 Å². The SMILES string of the molecule is N#Cc1ccc2c(c1)C1(CCN(c3cc(N)ccn3)CC1)CO2. The van der Waals surface area contributed by atoms with Crippen molar-refractivity contribution >= 4 is 11.5 Å². The van der Waals surface area contributed by atoms with Crippen LogP contribution in [-0.2, 0) is 5.41 Å². The van der Waals surface area contributed by atoms with Gasteiger partial charge in [0.2, 0.25) is 0 Å². The van der Waals surface area contributed by atoms with Gasteiger partial charge in [-0.2, -0.15) is 5.26 Å². The summed E-state index contributed by atoms with van der Waals surface area (Å²) in [5.41, 5.74) is 8.52. The molecule has 1 aromatic carbocycles. The summed E-state index contributed by atoms with van der Waals surface area (Å²) in [7, 11) is 0. The molecule has 5 nitrogen and oxygen atoms in total. The van der Waals surface area contributed by atoms with Crippen LogP contribution in [0.15, 0.2) is 36.5 Å². The van der Waals surface area contributed by atoms with Gasteiger partial charge in [0.05, 0.1) is 18.2 Å². The van der Waals surface area contributed by atoms with E-state index >= 15 is 0 Å². The largest absolute Gasteiger partial charge is 0.492 e. The highest BCUT2D eigenvalue weighted by molar-refractivity contribution is 5.53. The Kier molecular flexibility index (Phi) is 3.12. The van der Waals surface area contributed by atoms with E-state index in [1.54, 1.807) is 12.3 Å². The number of pyridine rings is 1. The van der Waals surface area contributed by atoms with Crippen LogP contribution in [0.4, 0.5) is 11.5 Å². The van der Waals surface area contributed by atoms with Gasteiger partial charge < -0.3 is 15.4 Å². The highest BCUT2D eigenvalue weighted by atomic mass is 16.5. The number of hydrogen-bond acceptors (Lipinski definition) is 5. The summed E-state index contributed by atoms with van der Waals surface area (Å²) in [6.45, 7) is 2.53. The van der Waals surface area contributed by atoms with E-state index in [2.05, 4.69) is 16.0 Å². The molecule has 3 heterocycles. The first kappa shape index (κ1) is 13.9. The van der Waals surface area contributed by atoms with Crippen molar-refractivity contribution in [3.63, 3.8) is 0 Å². The van der Waals surface area contributed by atoms with Gasteiger partial charge in [-0.15, -0.1) is 0 Å². The highest BCUT2D eigenvalue weighted by Gasteiger charge is 2.43. The summed E-state index contributed by atoms with van der Waals surface area (Å²) >= 11 is 0. The Morgan fingerprint density at radius 2 is 2.04 bits per heavy atom. The number of fused-ring (bicyclic) bond motifs is 2. The molecule has 2 aromatic rings. The van der Waals surface area contributed by atoms with Crippen molar-refractivity contribution in [2.75, 3.05) is 30.3 Å². The first-order valence-corrected chi connectivity index (χ1v) is 7.84. The van der Waals surface area contributed by atoms with Crippen LogP contribution in [-0.4, -0.2) is 24.7 Å². The lowest BCUT2D eigenvalue weighted by molar-refractivity contribution is 0.230. The van der Waals surface area contributed by atoms with Crippen molar-refractivity contribution in [1.82, 2.24) is 4.98 Å². The van der Waals surface area contributed by atoms with Crippen molar-refractivity contribution < 1.29 is 4.74 Å². The predicted molar refractivity (Wildman–Crippen MR) is 88.4 cm³/mol. The first-order valence-electron chi connectivity index (χ1n) is 7.84. The summed E-state index contributed by atoms with van der Waals surface area (Å²) in [6, 6.07) is 11.7. The third-order valence-electron chi connectivity index (χ3n) is 5.00. The first-order chi connectivity index (χ1) is 11.2. The van der Waals surface area contributed by atoms with Crippen molar-refractivity contribution in [2.24, 2.45) is 0 Å². The number of nitriles is 1.